The van der Waals surface area contributed by atoms with Gasteiger partial charge in [-0.05, 0) is 12.1 Å². The maximum absolute atomic E-state index is 10.8. The van der Waals surface area contributed by atoms with Gasteiger partial charge in [0.2, 0.25) is 0 Å². The van der Waals surface area contributed by atoms with Crippen molar-refractivity contribution in [1.82, 2.24) is 0 Å². The summed E-state index contributed by atoms with van der Waals surface area (Å²) in [6, 6.07) is 3.86. The highest BCUT2D eigenvalue weighted by Gasteiger charge is 2.25. The van der Waals surface area contributed by atoms with Gasteiger partial charge < -0.3 is 9.84 Å². The summed E-state index contributed by atoms with van der Waals surface area (Å²) in [7, 11) is 0. The minimum Gasteiger partial charge on any atom is -0.486 e. The number of hydrogen-bond donors (Lipinski definition) is 1. The van der Waals surface area contributed by atoms with Gasteiger partial charge >= 0.3 is 11.7 Å². The highest BCUT2D eigenvalue weighted by Crippen LogP contribution is 2.30. The number of carboxylic acid groups (broad SMARTS) is 1. The third-order valence-electron chi connectivity index (χ3n) is 1.92. The van der Waals surface area contributed by atoms with E-state index in [1.54, 1.807) is 0 Å². The molecular weight excluding hydrogens is 226 g/mol. The van der Waals surface area contributed by atoms with E-state index in [-0.39, 0.29) is 18.8 Å². The SMILES string of the molecule is C#CCCOc1cccc(C(=O)O)c1[N+](=O)[O-]. The van der Waals surface area contributed by atoms with Crippen LogP contribution in [0.25, 0.3) is 0 Å². The number of carbonyl (C=O) groups is 1. The van der Waals surface area contributed by atoms with Crippen LogP contribution >= 0.6 is 0 Å². The van der Waals surface area contributed by atoms with Gasteiger partial charge in [0.15, 0.2) is 5.75 Å². The van der Waals surface area contributed by atoms with Crippen LogP contribution < -0.4 is 4.74 Å². The van der Waals surface area contributed by atoms with Crippen LogP contribution in [0.2, 0.25) is 0 Å². The topological polar surface area (TPSA) is 89.7 Å². The molecule has 1 rings (SSSR count). The average molecular weight is 235 g/mol. The van der Waals surface area contributed by atoms with Crippen LogP contribution in [0.5, 0.6) is 5.75 Å². The molecule has 0 spiro atoms. The largest absolute Gasteiger partial charge is 0.486 e. The van der Waals surface area contributed by atoms with E-state index >= 15 is 0 Å². The Morgan fingerprint density at radius 1 is 1.59 bits per heavy atom. The lowest BCUT2D eigenvalue weighted by Gasteiger charge is -2.06. The van der Waals surface area contributed by atoms with Gasteiger partial charge in [0.1, 0.15) is 5.56 Å². The van der Waals surface area contributed by atoms with E-state index in [2.05, 4.69) is 5.92 Å². The van der Waals surface area contributed by atoms with Crippen molar-refractivity contribution in [3.8, 4) is 18.1 Å². The van der Waals surface area contributed by atoms with Crippen LogP contribution in [0.15, 0.2) is 18.2 Å². The third kappa shape index (κ3) is 2.95. The minimum atomic E-state index is -1.38. The van der Waals surface area contributed by atoms with Gasteiger partial charge in [-0.25, -0.2) is 4.79 Å². The van der Waals surface area contributed by atoms with Gasteiger partial charge in [-0.2, -0.15) is 0 Å². The van der Waals surface area contributed by atoms with Crippen molar-refractivity contribution in [3.63, 3.8) is 0 Å². The van der Waals surface area contributed by atoms with Crippen molar-refractivity contribution < 1.29 is 19.6 Å². The number of nitro groups is 1. The van der Waals surface area contributed by atoms with Crippen LogP contribution in [0, 0.1) is 22.5 Å². The molecule has 6 heteroatoms. The maximum Gasteiger partial charge on any atom is 0.342 e. The van der Waals surface area contributed by atoms with Gasteiger partial charge in [0.25, 0.3) is 0 Å². The number of para-hydroxylation sites is 1. The van der Waals surface area contributed by atoms with Crippen LogP contribution in [0.3, 0.4) is 0 Å². The van der Waals surface area contributed by atoms with Crippen molar-refractivity contribution in [3.05, 3.63) is 33.9 Å². The zero-order chi connectivity index (χ0) is 12.8. The Balaban J connectivity index is 3.12. The predicted octanol–water partition coefficient (Wildman–Crippen LogP) is 1.70. The lowest BCUT2D eigenvalue weighted by Crippen LogP contribution is -2.06. The first-order valence-corrected chi connectivity index (χ1v) is 4.65. The average Bonchev–Trinajstić information content (AvgIpc) is 2.28. The van der Waals surface area contributed by atoms with Crippen LogP contribution in [-0.4, -0.2) is 22.6 Å². The molecule has 0 unspecified atom stereocenters. The van der Waals surface area contributed by atoms with Crippen LogP contribution in [0.4, 0.5) is 5.69 Å². The van der Waals surface area contributed by atoms with Crippen molar-refractivity contribution in [2.45, 2.75) is 6.42 Å². The maximum atomic E-state index is 10.8. The van der Waals surface area contributed by atoms with Crippen molar-refractivity contribution >= 4 is 11.7 Å². The molecule has 6 nitrogen and oxygen atoms in total. The first-order chi connectivity index (χ1) is 8.07. The Hall–Kier alpha value is -2.55. The van der Waals surface area contributed by atoms with Gasteiger partial charge in [-0.1, -0.05) is 6.07 Å². The number of carboxylic acids is 1. The monoisotopic (exact) mass is 235 g/mol. The molecule has 0 amide bonds. The van der Waals surface area contributed by atoms with E-state index in [9.17, 15) is 14.9 Å². The second-order valence-electron chi connectivity index (χ2n) is 3.02. The zero-order valence-electron chi connectivity index (χ0n) is 8.75. The molecule has 0 radical (unpaired) electrons. The quantitative estimate of drug-likeness (QED) is 0.363. The van der Waals surface area contributed by atoms with Crippen molar-refractivity contribution in [2.24, 2.45) is 0 Å². The molecule has 17 heavy (non-hydrogen) atoms. The predicted molar refractivity (Wildman–Crippen MR) is 59.0 cm³/mol. The molecule has 1 aromatic carbocycles. The Bertz CT molecular complexity index is 489. The zero-order valence-corrected chi connectivity index (χ0v) is 8.75. The number of nitro benzene ring substituents is 1. The summed E-state index contributed by atoms with van der Waals surface area (Å²) >= 11 is 0. The Morgan fingerprint density at radius 3 is 2.82 bits per heavy atom. The third-order valence-corrected chi connectivity index (χ3v) is 1.92. The fraction of sp³-hybridized carbons (Fsp3) is 0.182. The fourth-order valence-corrected chi connectivity index (χ4v) is 1.22. The minimum absolute atomic E-state index is 0.0925. The summed E-state index contributed by atoms with van der Waals surface area (Å²) in [5, 5.41) is 19.6. The Kier molecular flexibility index (Phi) is 4.06. The molecule has 0 saturated heterocycles. The molecule has 0 saturated carbocycles. The molecule has 1 N–H and O–H groups in total. The number of aromatic carboxylic acids is 1. The van der Waals surface area contributed by atoms with Crippen molar-refractivity contribution in [1.29, 1.82) is 0 Å². The smallest absolute Gasteiger partial charge is 0.342 e. The molecule has 0 atom stereocenters. The molecule has 0 bridgehead atoms. The Morgan fingerprint density at radius 2 is 2.29 bits per heavy atom. The molecule has 0 aliphatic carbocycles. The number of rotatable bonds is 5. The van der Waals surface area contributed by atoms with Gasteiger partial charge in [0, 0.05) is 6.42 Å². The molecule has 0 aromatic heterocycles. The number of hydrogen-bond acceptors (Lipinski definition) is 4. The first kappa shape index (κ1) is 12.5. The highest BCUT2D eigenvalue weighted by molar-refractivity contribution is 5.93. The summed E-state index contributed by atoms with van der Waals surface area (Å²) in [6.45, 7) is 0.0976. The number of benzene rings is 1. The summed E-state index contributed by atoms with van der Waals surface area (Å²) in [4.78, 5) is 20.8. The van der Waals surface area contributed by atoms with Crippen LogP contribution in [-0.2, 0) is 0 Å². The number of ether oxygens (including phenoxy) is 1. The molecule has 0 heterocycles. The van der Waals surface area contributed by atoms with Gasteiger partial charge in [-0.3, -0.25) is 10.1 Å². The van der Waals surface area contributed by atoms with E-state index in [0.717, 1.165) is 6.07 Å². The first-order valence-electron chi connectivity index (χ1n) is 4.65. The molecule has 88 valence electrons. The lowest BCUT2D eigenvalue weighted by atomic mass is 10.1. The standard InChI is InChI=1S/C11H9NO5/c1-2-3-7-17-9-6-4-5-8(11(13)14)10(9)12(15)16/h1,4-6H,3,7H2,(H,13,14). The summed E-state index contributed by atoms with van der Waals surface area (Å²) in [6.07, 6.45) is 5.30. The molecule has 1 aromatic rings. The second kappa shape index (κ2) is 5.51. The molecule has 0 fully saturated rings. The highest BCUT2D eigenvalue weighted by atomic mass is 16.6. The normalized spacial score (nSPS) is 9.35. The second-order valence-corrected chi connectivity index (χ2v) is 3.02. The molecular formula is C11H9NO5. The summed E-state index contributed by atoms with van der Waals surface area (Å²) in [5.74, 6) is 0.845. The van der Waals surface area contributed by atoms with Crippen molar-refractivity contribution in [2.75, 3.05) is 6.61 Å². The number of terminal acetylenes is 1. The molecule has 0 aliphatic heterocycles. The van der Waals surface area contributed by atoms with E-state index < -0.39 is 22.1 Å². The van der Waals surface area contributed by atoms with E-state index in [4.69, 9.17) is 16.3 Å². The fourth-order valence-electron chi connectivity index (χ4n) is 1.22. The van der Waals surface area contributed by atoms with E-state index in [1.807, 2.05) is 0 Å². The lowest BCUT2D eigenvalue weighted by molar-refractivity contribution is -0.386. The summed E-state index contributed by atoms with van der Waals surface area (Å²) in [5.41, 5.74) is -0.967. The van der Waals surface area contributed by atoms with Crippen LogP contribution in [0.1, 0.15) is 16.8 Å². The number of nitrogens with zero attached hydrogens (tertiary/aromatic N) is 1. The Labute approximate surface area is 97.0 Å². The molecule has 0 aliphatic rings. The summed E-state index contributed by atoms with van der Waals surface area (Å²) < 4.78 is 5.08. The van der Waals surface area contributed by atoms with E-state index in [1.165, 1.54) is 12.1 Å². The van der Waals surface area contributed by atoms with Gasteiger partial charge in [-0.15, -0.1) is 12.3 Å². The van der Waals surface area contributed by atoms with E-state index in [0.29, 0.717) is 0 Å². The van der Waals surface area contributed by atoms with Gasteiger partial charge in [0.05, 0.1) is 11.5 Å².